The number of sulfonamides is 1. The molecule has 3 rings (SSSR count). The predicted octanol–water partition coefficient (Wildman–Crippen LogP) is 2.81. The number of rotatable bonds is 4. The van der Waals surface area contributed by atoms with E-state index in [2.05, 4.69) is 9.71 Å². The van der Waals surface area contributed by atoms with Gasteiger partial charge in [0, 0.05) is 10.9 Å². The van der Waals surface area contributed by atoms with Gasteiger partial charge in [0.2, 0.25) is 0 Å². The van der Waals surface area contributed by atoms with E-state index in [4.69, 9.17) is 0 Å². The third-order valence-corrected chi connectivity index (χ3v) is 4.65. The maximum atomic E-state index is 12.9. The SMILES string of the molecule is O=C(O)c1[nH]c2ccccc2c1NS(=O)(=O)c1ccc(F)cc1. The fourth-order valence-corrected chi connectivity index (χ4v) is 3.31. The van der Waals surface area contributed by atoms with E-state index in [1.54, 1.807) is 24.3 Å². The molecule has 3 N–H and O–H groups in total. The number of carbonyl (C=O) groups is 1. The molecule has 6 nitrogen and oxygen atoms in total. The number of halogens is 1. The predicted molar refractivity (Wildman–Crippen MR) is 82.5 cm³/mol. The molecule has 0 spiro atoms. The smallest absolute Gasteiger partial charge is 0.354 e. The minimum absolute atomic E-state index is 0.0579. The van der Waals surface area contributed by atoms with Crippen molar-refractivity contribution < 1.29 is 22.7 Å². The first-order chi connectivity index (χ1) is 10.9. The van der Waals surface area contributed by atoms with Gasteiger partial charge in [0.1, 0.15) is 11.5 Å². The van der Waals surface area contributed by atoms with Gasteiger partial charge in [-0.15, -0.1) is 0 Å². The molecule has 0 unspecified atom stereocenters. The van der Waals surface area contributed by atoms with E-state index < -0.39 is 21.8 Å². The lowest BCUT2D eigenvalue weighted by molar-refractivity contribution is 0.0692. The zero-order valence-corrected chi connectivity index (χ0v) is 12.4. The Labute approximate surface area is 130 Å². The van der Waals surface area contributed by atoms with Crippen LogP contribution in [0.5, 0.6) is 0 Å². The fraction of sp³-hybridized carbons (Fsp3) is 0. The zero-order valence-electron chi connectivity index (χ0n) is 11.6. The van der Waals surface area contributed by atoms with Crippen LogP contribution in [0.15, 0.2) is 53.4 Å². The van der Waals surface area contributed by atoms with E-state index >= 15 is 0 Å². The third-order valence-electron chi connectivity index (χ3n) is 3.28. The topological polar surface area (TPSA) is 99.3 Å². The van der Waals surface area contributed by atoms with E-state index in [0.717, 1.165) is 24.3 Å². The first kappa shape index (κ1) is 15.0. The summed E-state index contributed by atoms with van der Waals surface area (Å²) in [5.41, 5.74) is 0.163. The van der Waals surface area contributed by atoms with Crippen molar-refractivity contribution in [3.05, 3.63) is 60.0 Å². The molecule has 118 valence electrons. The summed E-state index contributed by atoms with van der Waals surface area (Å²) in [6.07, 6.45) is 0. The fourth-order valence-electron chi connectivity index (χ4n) is 2.22. The Balaban J connectivity index is 2.12. The van der Waals surface area contributed by atoms with Crippen molar-refractivity contribution in [2.45, 2.75) is 4.90 Å². The van der Waals surface area contributed by atoms with E-state index in [9.17, 15) is 22.7 Å². The number of carboxylic acid groups (broad SMARTS) is 1. The summed E-state index contributed by atoms with van der Waals surface area (Å²) in [7, 11) is -4.05. The van der Waals surface area contributed by atoms with Crippen LogP contribution >= 0.6 is 0 Å². The lowest BCUT2D eigenvalue weighted by Gasteiger charge is -2.08. The van der Waals surface area contributed by atoms with E-state index in [-0.39, 0.29) is 16.3 Å². The van der Waals surface area contributed by atoms with Gasteiger partial charge in [-0.05, 0) is 30.3 Å². The molecule has 23 heavy (non-hydrogen) atoms. The van der Waals surface area contributed by atoms with Crippen LogP contribution in [0.3, 0.4) is 0 Å². The van der Waals surface area contributed by atoms with Crippen LogP contribution in [0, 0.1) is 5.82 Å². The number of benzene rings is 2. The molecule has 0 amide bonds. The Bertz CT molecular complexity index is 994. The van der Waals surface area contributed by atoms with Gasteiger partial charge in [-0.3, -0.25) is 4.72 Å². The van der Waals surface area contributed by atoms with Crippen LogP contribution in [-0.2, 0) is 10.0 Å². The van der Waals surface area contributed by atoms with E-state index in [1.807, 2.05) is 0 Å². The average Bonchev–Trinajstić information content (AvgIpc) is 2.86. The largest absolute Gasteiger partial charge is 0.477 e. The number of aromatic carboxylic acids is 1. The summed E-state index contributed by atoms with van der Waals surface area (Å²) >= 11 is 0. The van der Waals surface area contributed by atoms with Gasteiger partial charge >= 0.3 is 5.97 Å². The number of H-pyrrole nitrogens is 1. The van der Waals surface area contributed by atoms with Crippen LogP contribution in [-0.4, -0.2) is 24.5 Å². The Morgan fingerprint density at radius 2 is 1.74 bits per heavy atom. The minimum atomic E-state index is -4.05. The second kappa shape index (κ2) is 5.40. The molecule has 0 saturated heterocycles. The third kappa shape index (κ3) is 2.76. The molecular formula is C15H11FN2O4S. The molecule has 0 atom stereocenters. The van der Waals surface area contributed by atoms with Gasteiger partial charge in [0.15, 0.2) is 0 Å². The van der Waals surface area contributed by atoms with E-state index in [0.29, 0.717) is 10.9 Å². The number of para-hydroxylation sites is 1. The summed E-state index contributed by atoms with van der Waals surface area (Å²) in [5.74, 6) is -1.86. The highest BCUT2D eigenvalue weighted by molar-refractivity contribution is 7.92. The van der Waals surface area contributed by atoms with Crippen molar-refractivity contribution in [1.82, 2.24) is 4.98 Å². The Kier molecular flexibility index (Phi) is 3.53. The summed E-state index contributed by atoms with van der Waals surface area (Å²) in [6, 6.07) is 10.8. The summed E-state index contributed by atoms with van der Waals surface area (Å²) in [4.78, 5) is 13.8. The van der Waals surface area contributed by atoms with Gasteiger partial charge in [0.05, 0.1) is 10.6 Å². The molecule has 0 radical (unpaired) electrons. The van der Waals surface area contributed by atoms with Crippen molar-refractivity contribution in [2.75, 3.05) is 4.72 Å². The molecule has 1 heterocycles. The normalized spacial score (nSPS) is 11.5. The van der Waals surface area contributed by atoms with Gasteiger partial charge < -0.3 is 10.1 Å². The minimum Gasteiger partial charge on any atom is -0.477 e. The molecule has 0 aliphatic rings. The van der Waals surface area contributed by atoms with Crippen LogP contribution in [0.25, 0.3) is 10.9 Å². The molecule has 0 aliphatic heterocycles. The summed E-state index contributed by atoms with van der Waals surface area (Å²) < 4.78 is 40.0. The highest BCUT2D eigenvalue weighted by atomic mass is 32.2. The van der Waals surface area contributed by atoms with Gasteiger partial charge in [-0.2, -0.15) is 0 Å². The number of hydrogen-bond donors (Lipinski definition) is 3. The number of aromatic amines is 1. The average molecular weight is 334 g/mol. The zero-order chi connectivity index (χ0) is 16.6. The number of nitrogens with one attached hydrogen (secondary N) is 2. The molecule has 2 aromatic carbocycles. The second-order valence-electron chi connectivity index (χ2n) is 4.79. The standard InChI is InChI=1S/C15H11FN2O4S/c16-9-5-7-10(8-6-9)23(21,22)18-13-11-3-1-2-4-12(11)17-14(13)15(19)20/h1-8,17-18H,(H,19,20). The molecule has 0 bridgehead atoms. The van der Waals surface area contributed by atoms with Crippen LogP contribution in [0.1, 0.15) is 10.5 Å². The Morgan fingerprint density at radius 1 is 1.09 bits per heavy atom. The molecule has 0 saturated carbocycles. The lowest BCUT2D eigenvalue weighted by Crippen LogP contribution is -2.15. The second-order valence-corrected chi connectivity index (χ2v) is 6.47. The van der Waals surface area contributed by atoms with Gasteiger partial charge in [0.25, 0.3) is 10.0 Å². The first-order valence-corrected chi connectivity index (χ1v) is 7.99. The first-order valence-electron chi connectivity index (χ1n) is 6.51. The van der Waals surface area contributed by atoms with Gasteiger partial charge in [-0.25, -0.2) is 17.6 Å². The highest BCUT2D eigenvalue weighted by Gasteiger charge is 2.22. The summed E-state index contributed by atoms with van der Waals surface area (Å²) in [5, 5.41) is 9.68. The molecule has 0 aliphatic carbocycles. The maximum Gasteiger partial charge on any atom is 0.354 e. The summed E-state index contributed by atoms with van der Waals surface area (Å²) in [6.45, 7) is 0. The molecule has 8 heteroatoms. The van der Waals surface area contributed by atoms with Crippen molar-refractivity contribution >= 4 is 32.6 Å². The number of anilines is 1. The molecule has 1 aromatic heterocycles. The van der Waals surface area contributed by atoms with Crippen molar-refractivity contribution in [2.24, 2.45) is 0 Å². The number of aromatic nitrogens is 1. The Hall–Kier alpha value is -2.87. The quantitative estimate of drug-likeness (QED) is 0.683. The van der Waals surface area contributed by atoms with Crippen molar-refractivity contribution in [3.63, 3.8) is 0 Å². The van der Waals surface area contributed by atoms with Crippen LogP contribution in [0.4, 0.5) is 10.1 Å². The van der Waals surface area contributed by atoms with Crippen molar-refractivity contribution in [1.29, 1.82) is 0 Å². The van der Waals surface area contributed by atoms with Gasteiger partial charge in [-0.1, -0.05) is 18.2 Å². The Morgan fingerprint density at radius 3 is 2.39 bits per heavy atom. The highest BCUT2D eigenvalue weighted by Crippen LogP contribution is 2.29. The maximum absolute atomic E-state index is 12.9. The molecule has 0 fully saturated rings. The van der Waals surface area contributed by atoms with Crippen LogP contribution < -0.4 is 4.72 Å². The van der Waals surface area contributed by atoms with Crippen LogP contribution in [0.2, 0.25) is 0 Å². The monoisotopic (exact) mass is 334 g/mol. The van der Waals surface area contributed by atoms with E-state index in [1.165, 1.54) is 0 Å². The number of fused-ring (bicyclic) bond motifs is 1. The van der Waals surface area contributed by atoms with Crippen molar-refractivity contribution in [3.8, 4) is 0 Å². The number of hydrogen-bond acceptors (Lipinski definition) is 3. The lowest BCUT2D eigenvalue weighted by atomic mass is 10.2. The molecule has 3 aromatic rings. The number of carboxylic acids is 1. The molecular weight excluding hydrogens is 323 g/mol.